The van der Waals surface area contributed by atoms with Gasteiger partial charge in [-0.3, -0.25) is 14.4 Å². The third-order valence-electron chi connectivity index (χ3n) is 3.98. The van der Waals surface area contributed by atoms with Gasteiger partial charge in [0.05, 0.1) is 11.9 Å². The van der Waals surface area contributed by atoms with Gasteiger partial charge in [0.15, 0.2) is 0 Å². The number of aromatic nitrogens is 1. The Labute approximate surface area is 155 Å². The van der Waals surface area contributed by atoms with E-state index in [9.17, 15) is 19.5 Å². The lowest BCUT2D eigenvalue weighted by molar-refractivity contribution is -0.133. The Morgan fingerprint density at radius 2 is 1.96 bits per heavy atom. The summed E-state index contributed by atoms with van der Waals surface area (Å²) in [7, 11) is 0. The van der Waals surface area contributed by atoms with Crippen molar-refractivity contribution in [3.63, 3.8) is 0 Å². The number of fused-ring (bicyclic) bond motifs is 1. The summed E-state index contributed by atoms with van der Waals surface area (Å²) in [6.07, 6.45) is 0.778. The Morgan fingerprint density at radius 3 is 2.58 bits per heavy atom. The van der Waals surface area contributed by atoms with Crippen LogP contribution >= 0.6 is 12.6 Å². The zero-order valence-electron chi connectivity index (χ0n) is 14.2. The number of hydrogen-bond donors (Lipinski definition) is 6. The molecule has 0 saturated carbocycles. The van der Waals surface area contributed by atoms with E-state index in [1.807, 2.05) is 24.3 Å². The van der Waals surface area contributed by atoms with Crippen LogP contribution in [0.4, 0.5) is 0 Å². The Balaban J connectivity index is 2.15. The third-order valence-corrected chi connectivity index (χ3v) is 4.27. The first-order valence-electron chi connectivity index (χ1n) is 8.06. The molecule has 0 aliphatic rings. The Morgan fingerprint density at radius 1 is 1.27 bits per heavy atom. The number of nitrogens with two attached hydrogens (primary N) is 1. The fourth-order valence-corrected chi connectivity index (χ4v) is 2.72. The molecule has 0 fully saturated rings. The first-order valence-corrected chi connectivity index (χ1v) is 8.69. The molecule has 8 nitrogen and oxygen atoms in total. The van der Waals surface area contributed by atoms with Gasteiger partial charge in [0, 0.05) is 23.5 Å². The number of benzene rings is 1. The Bertz CT molecular complexity index is 805. The van der Waals surface area contributed by atoms with Gasteiger partial charge in [-0.2, -0.15) is 12.6 Å². The largest absolute Gasteiger partial charge is 0.391 e. The Hall–Kier alpha value is -2.52. The van der Waals surface area contributed by atoms with Crippen molar-refractivity contribution in [1.29, 1.82) is 0 Å². The van der Waals surface area contributed by atoms with E-state index >= 15 is 0 Å². The molecule has 0 aliphatic heterocycles. The van der Waals surface area contributed by atoms with Gasteiger partial charge in [0.2, 0.25) is 17.7 Å². The number of primary amides is 1. The molecule has 140 valence electrons. The summed E-state index contributed by atoms with van der Waals surface area (Å²) in [5, 5.41) is 15.5. The minimum Gasteiger partial charge on any atom is -0.391 e. The molecule has 1 aromatic heterocycles. The molecule has 3 amide bonds. The van der Waals surface area contributed by atoms with E-state index in [1.165, 1.54) is 6.92 Å². The average molecular weight is 378 g/mol. The number of aliphatic hydroxyl groups excluding tert-OH is 1. The van der Waals surface area contributed by atoms with Gasteiger partial charge >= 0.3 is 0 Å². The zero-order valence-corrected chi connectivity index (χ0v) is 15.1. The molecule has 0 bridgehead atoms. The number of hydrogen-bond acceptors (Lipinski definition) is 5. The van der Waals surface area contributed by atoms with Crippen LogP contribution in [0.2, 0.25) is 0 Å². The van der Waals surface area contributed by atoms with Crippen molar-refractivity contribution in [2.75, 3.05) is 5.75 Å². The van der Waals surface area contributed by atoms with Crippen LogP contribution in [-0.2, 0) is 20.8 Å². The van der Waals surface area contributed by atoms with Crippen LogP contribution < -0.4 is 16.4 Å². The first-order chi connectivity index (χ1) is 12.3. The minimum absolute atomic E-state index is 0.134. The van der Waals surface area contributed by atoms with Crippen LogP contribution in [0.15, 0.2) is 30.5 Å². The highest BCUT2D eigenvalue weighted by atomic mass is 32.1. The molecule has 1 heterocycles. The van der Waals surface area contributed by atoms with E-state index < -0.39 is 35.9 Å². The topological polar surface area (TPSA) is 137 Å². The SMILES string of the molecule is C[C@@H](O)[C@H](NC(=O)CS)C(=O)N[C@@H](Cc1c[nH]c2ccccc12)C(N)=O. The van der Waals surface area contributed by atoms with Crippen LogP contribution in [0, 0.1) is 0 Å². The lowest BCUT2D eigenvalue weighted by Gasteiger charge is -2.23. The molecule has 3 atom stereocenters. The first kappa shape index (κ1) is 19.8. The van der Waals surface area contributed by atoms with Gasteiger partial charge in [0.25, 0.3) is 0 Å². The number of para-hydroxylation sites is 1. The fraction of sp³-hybridized carbons (Fsp3) is 0.353. The smallest absolute Gasteiger partial charge is 0.245 e. The summed E-state index contributed by atoms with van der Waals surface area (Å²) >= 11 is 3.82. The van der Waals surface area contributed by atoms with Gasteiger partial charge in [-0.15, -0.1) is 0 Å². The number of amides is 3. The normalized spacial score (nSPS) is 14.4. The molecule has 2 rings (SSSR count). The molecular formula is C17H22N4O4S. The lowest BCUT2D eigenvalue weighted by atomic mass is 10.0. The second-order valence-corrected chi connectivity index (χ2v) is 6.29. The molecule has 0 radical (unpaired) electrons. The number of nitrogens with one attached hydrogen (secondary N) is 3. The van der Waals surface area contributed by atoms with Gasteiger partial charge in [-0.1, -0.05) is 18.2 Å². The molecule has 0 aliphatic carbocycles. The summed E-state index contributed by atoms with van der Waals surface area (Å²) < 4.78 is 0. The standard InChI is InChI=1S/C17H22N4O4S/c1-9(22)15(21-14(23)8-26)17(25)20-13(16(18)24)6-10-7-19-12-5-3-2-4-11(10)12/h2-5,7,9,13,15,19,22,26H,6,8H2,1H3,(H2,18,24)(H,20,25)(H,21,23)/t9-,13+,15+/m1/s1. The minimum atomic E-state index is -1.21. The van der Waals surface area contributed by atoms with Crippen molar-refractivity contribution in [2.45, 2.75) is 31.5 Å². The van der Waals surface area contributed by atoms with Gasteiger partial charge in [0.1, 0.15) is 12.1 Å². The number of carbonyl (C=O) groups is 3. The maximum Gasteiger partial charge on any atom is 0.245 e. The number of aliphatic hydroxyl groups is 1. The van der Waals surface area contributed by atoms with E-state index in [4.69, 9.17) is 5.73 Å². The lowest BCUT2D eigenvalue weighted by Crippen LogP contribution is -2.57. The molecule has 26 heavy (non-hydrogen) atoms. The zero-order chi connectivity index (χ0) is 19.3. The van der Waals surface area contributed by atoms with Crippen LogP contribution in [-0.4, -0.2) is 51.8 Å². The Kier molecular flexibility index (Phi) is 6.64. The third kappa shape index (κ3) is 4.77. The highest BCUT2D eigenvalue weighted by molar-refractivity contribution is 7.81. The maximum absolute atomic E-state index is 12.4. The van der Waals surface area contributed by atoms with Crippen molar-refractivity contribution in [3.05, 3.63) is 36.0 Å². The fourth-order valence-electron chi connectivity index (χ4n) is 2.63. The quantitative estimate of drug-likeness (QED) is 0.344. The molecule has 0 spiro atoms. The highest BCUT2D eigenvalue weighted by Crippen LogP contribution is 2.19. The second kappa shape index (κ2) is 8.72. The molecule has 6 N–H and O–H groups in total. The van der Waals surface area contributed by atoms with Crippen molar-refractivity contribution < 1.29 is 19.5 Å². The highest BCUT2D eigenvalue weighted by Gasteiger charge is 2.29. The molecule has 9 heteroatoms. The van der Waals surface area contributed by atoms with Crippen LogP contribution in [0.25, 0.3) is 10.9 Å². The van der Waals surface area contributed by atoms with Gasteiger partial charge < -0.3 is 26.5 Å². The van der Waals surface area contributed by atoms with E-state index in [2.05, 4.69) is 28.2 Å². The number of carbonyl (C=O) groups excluding carboxylic acids is 3. The average Bonchev–Trinajstić information content (AvgIpc) is 3.01. The summed E-state index contributed by atoms with van der Waals surface area (Å²) in [4.78, 5) is 38.8. The van der Waals surface area contributed by atoms with Crippen LogP contribution in [0.5, 0.6) is 0 Å². The van der Waals surface area contributed by atoms with E-state index in [1.54, 1.807) is 6.20 Å². The predicted octanol–water partition coefficient (Wildman–Crippen LogP) is -0.524. The molecule has 0 saturated heterocycles. The van der Waals surface area contributed by atoms with Crippen molar-refractivity contribution in [1.82, 2.24) is 15.6 Å². The number of thiol groups is 1. The number of aromatic amines is 1. The monoisotopic (exact) mass is 378 g/mol. The van der Waals surface area contributed by atoms with Gasteiger partial charge in [-0.25, -0.2) is 0 Å². The van der Waals surface area contributed by atoms with Gasteiger partial charge in [-0.05, 0) is 18.6 Å². The summed E-state index contributed by atoms with van der Waals surface area (Å²) in [6, 6.07) is 5.34. The van der Waals surface area contributed by atoms with Crippen molar-refractivity contribution in [3.8, 4) is 0 Å². The number of H-pyrrole nitrogens is 1. The predicted molar refractivity (Wildman–Crippen MR) is 101 cm³/mol. The molecule has 0 unspecified atom stereocenters. The molecule has 2 aromatic rings. The number of rotatable bonds is 8. The van der Waals surface area contributed by atoms with E-state index in [-0.39, 0.29) is 12.2 Å². The van der Waals surface area contributed by atoms with E-state index in [0.717, 1.165) is 16.5 Å². The van der Waals surface area contributed by atoms with Crippen molar-refractivity contribution >= 4 is 41.3 Å². The molecule has 1 aromatic carbocycles. The van der Waals surface area contributed by atoms with Crippen LogP contribution in [0.1, 0.15) is 12.5 Å². The summed E-state index contributed by atoms with van der Waals surface area (Å²) in [6.45, 7) is 1.36. The van der Waals surface area contributed by atoms with E-state index in [0.29, 0.717) is 0 Å². The second-order valence-electron chi connectivity index (χ2n) is 5.97. The van der Waals surface area contributed by atoms with Crippen molar-refractivity contribution in [2.24, 2.45) is 5.73 Å². The summed E-state index contributed by atoms with van der Waals surface area (Å²) in [5.41, 5.74) is 7.14. The van der Waals surface area contributed by atoms with Crippen LogP contribution in [0.3, 0.4) is 0 Å². The molecular weight excluding hydrogens is 356 g/mol. The summed E-state index contributed by atoms with van der Waals surface area (Å²) in [5.74, 6) is -2.06. The maximum atomic E-state index is 12.4.